The van der Waals surface area contributed by atoms with Crippen molar-refractivity contribution in [1.82, 2.24) is 0 Å². The van der Waals surface area contributed by atoms with Gasteiger partial charge in [0, 0.05) is 16.9 Å². The molecule has 0 fully saturated rings. The van der Waals surface area contributed by atoms with Crippen molar-refractivity contribution in [3.63, 3.8) is 0 Å². The van der Waals surface area contributed by atoms with Gasteiger partial charge >= 0.3 is 0 Å². The summed E-state index contributed by atoms with van der Waals surface area (Å²) in [4.78, 5) is 0. The van der Waals surface area contributed by atoms with Gasteiger partial charge in [0.05, 0.1) is 0 Å². The molecule has 0 radical (unpaired) electrons. The highest BCUT2D eigenvalue weighted by molar-refractivity contribution is 5.95. The zero-order chi connectivity index (χ0) is 16.5. The maximum Gasteiger partial charge on any atom is 0.0400 e. The summed E-state index contributed by atoms with van der Waals surface area (Å²) in [6.45, 7) is 0. The van der Waals surface area contributed by atoms with Crippen LogP contribution in [0.1, 0.15) is 0 Å². The Morgan fingerprint density at radius 3 is 2.04 bits per heavy atom. The molecule has 2 nitrogen and oxygen atoms in total. The molecule has 0 saturated carbocycles. The van der Waals surface area contributed by atoms with E-state index in [-0.39, 0.29) is 0 Å². The lowest BCUT2D eigenvalue weighted by molar-refractivity contribution is 1.58. The zero-order valence-electron chi connectivity index (χ0n) is 13.2. The molecule has 2 heteroatoms. The lowest BCUT2D eigenvalue weighted by atomic mass is 9.92. The summed E-state index contributed by atoms with van der Waals surface area (Å²) in [6, 6.07) is 28.8. The van der Waals surface area contributed by atoms with Crippen LogP contribution in [-0.2, 0) is 0 Å². The SMILES string of the molecule is Nc1ccc(-c2cccc(N)c2-c2ccc3ccccc3c2)cc1. The highest BCUT2D eigenvalue weighted by atomic mass is 14.6. The van der Waals surface area contributed by atoms with Crippen LogP contribution < -0.4 is 11.5 Å². The van der Waals surface area contributed by atoms with Gasteiger partial charge in [-0.15, -0.1) is 0 Å². The minimum atomic E-state index is 0.759. The van der Waals surface area contributed by atoms with E-state index in [1.807, 2.05) is 36.4 Å². The molecule has 0 heterocycles. The third-order valence-electron chi connectivity index (χ3n) is 4.36. The predicted molar refractivity (Wildman–Crippen MR) is 104 cm³/mol. The Labute approximate surface area is 141 Å². The fraction of sp³-hybridized carbons (Fsp3) is 0. The second-order valence-corrected chi connectivity index (χ2v) is 5.95. The maximum atomic E-state index is 6.34. The number of hydrogen-bond donors (Lipinski definition) is 2. The average molecular weight is 310 g/mol. The van der Waals surface area contributed by atoms with Crippen molar-refractivity contribution in [3.05, 3.63) is 84.9 Å². The van der Waals surface area contributed by atoms with E-state index in [1.54, 1.807) is 0 Å². The molecular formula is C22H18N2. The number of nitrogen functional groups attached to an aromatic ring is 2. The third-order valence-corrected chi connectivity index (χ3v) is 4.36. The monoisotopic (exact) mass is 310 g/mol. The van der Waals surface area contributed by atoms with Crippen LogP contribution in [0.15, 0.2) is 84.9 Å². The summed E-state index contributed by atoms with van der Waals surface area (Å²) in [5.41, 5.74) is 18.1. The van der Waals surface area contributed by atoms with Crippen LogP contribution in [0.2, 0.25) is 0 Å². The van der Waals surface area contributed by atoms with Crippen LogP contribution in [0.25, 0.3) is 33.0 Å². The molecule has 4 aromatic rings. The molecule has 0 spiro atoms. The Bertz CT molecular complexity index is 1020. The van der Waals surface area contributed by atoms with Gasteiger partial charge in [-0.05, 0) is 51.7 Å². The number of anilines is 2. The Balaban J connectivity index is 1.94. The Kier molecular flexibility index (Phi) is 3.43. The summed E-state index contributed by atoms with van der Waals surface area (Å²) in [6.07, 6.45) is 0. The number of nitrogens with two attached hydrogens (primary N) is 2. The van der Waals surface area contributed by atoms with Gasteiger partial charge in [0.15, 0.2) is 0 Å². The minimum Gasteiger partial charge on any atom is -0.399 e. The largest absolute Gasteiger partial charge is 0.399 e. The summed E-state index contributed by atoms with van der Waals surface area (Å²) in [7, 11) is 0. The van der Waals surface area contributed by atoms with E-state index >= 15 is 0 Å². The van der Waals surface area contributed by atoms with Gasteiger partial charge in [-0.25, -0.2) is 0 Å². The first kappa shape index (κ1) is 14.3. The predicted octanol–water partition coefficient (Wildman–Crippen LogP) is 5.34. The molecular weight excluding hydrogens is 292 g/mol. The zero-order valence-corrected chi connectivity index (χ0v) is 13.2. The van der Waals surface area contributed by atoms with Gasteiger partial charge in [-0.1, -0.05) is 60.7 Å². The number of fused-ring (bicyclic) bond motifs is 1. The van der Waals surface area contributed by atoms with Gasteiger partial charge in [-0.3, -0.25) is 0 Å². The molecule has 24 heavy (non-hydrogen) atoms. The Morgan fingerprint density at radius 2 is 1.25 bits per heavy atom. The van der Waals surface area contributed by atoms with Crippen molar-refractivity contribution < 1.29 is 0 Å². The van der Waals surface area contributed by atoms with E-state index in [2.05, 4.69) is 48.5 Å². The van der Waals surface area contributed by atoms with Crippen LogP contribution in [0, 0.1) is 0 Å². The molecule has 0 unspecified atom stereocenters. The van der Waals surface area contributed by atoms with Crippen LogP contribution in [0.4, 0.5) is 11.4 Å². The molecule has 0 amide bonds. The summed E-state index contributed by atoms with van der Waals surface area (Å²) < 4.78 is 0. The van der Waals surface area contributed by atoms with Crippen LogP contribution in [0.3, 0.4) is 0 Å². The topological polar surface area (TPSA) is 52.0 Å². The van der Waals surface area contributed by atoms with E-state index in [9.17, 15) is 0 Å². The molecule has 0 atom stereocenters. The lowest BCUT2D eigenvalue weighted by Crippen LogP contribution is -1.94. The minimum absolute atomic E-state index is 0.759. The van der Waals surface area contributed by atoms with Gasteiger partial charge in [-0.2, -0.15) is 0 Å². The van der Waals surface area contributed by atoms with E-state index in [4.69, 9.17) is 11.5 Å². The Hall–Kier alpha value is -3.26. The van der Waals surface area contributed by atoms with Crippen molar-refractivity contribution in [2.75, 3.05) is 11.5 Å². The van der Waals surface area contributed by atoms with Gasteiger partial charge in [0.25, 0.3) is 0 Å². The second kappa shape index (κ2) is 5.74. The number of rotatable bonds is 2. The molecule has 0 aliphatic heterocycles. The Morgan fingerprint density at radius 1 is 0.542 bits per heavy atom. The van der Waals surface area contributed by atoms with Crippen LogP contribution in [-0.4, -0.2) is 0 Å². The normalized spacial score (nSPS) is 10.8. The first-order valence-corrected chi connectivity index (χ1v) is 7.96. The number of benzene rings is 4. The molecule has 4 N–H and O–H groups in total. The van der Waals surface area contributed by atoms with Crippen molar-refractivity contribution in [2.45, 2.75) is 0 Å². The van der Waals surface area contributed by atoms with E-state index < -0.39 is 0 Å². The van der Waals surface area contributed by atoms with Crippen molar-refractivity contribution in [3.8, 4) is 22.3 Å². The molecule has 0 aliphatic carbocycles. The highest BCUT2D eigenvalue weighted by Gasteiger charge is 2.11. The first-order chi connectivity index (χ1) is 11.7. The van der Waals surface area contributed by atoms with Crippen molar-refractivity contribution >= 4 is 22.1 Å². The van der Waals surface area contributed by atoms with Gasteiger partial charge < -0.3 is 11.5 Å². The van der Waals surface area contributed by atoms with E-state index in [0.29, 0.717) is 0 Å². The molecule has 0 aromatic heterocycles. The second-order valence-electron chi connectivity index (χ2n) is 5.95. The fourth-order valence-electron chi connectivity index (χ4n) is 3.14. The first-order valence-electron chi connectivity index (χ1n) is 7.96. The molecule has 4 aromatic carbocycles. The van der Waals surface area contributed by atoms with E-state index in [0.717, 1.165) is 33.6 Å². The standard InChI is InChI=1S/C22H18N2/c23-19-12-10-16(11-13-19)20-6-3-7-21(24)22(20)18-9-8-15-4-1-2-5-17(15)14-18/h1-14H,23-24H2. The lowest BCUT2D eigenvalue weighted by Gasteiger charge is -2.14. The van der Waals surface area contributed by atoms with Crippen LogP contribution >= 0.6 is 0 Å². The summed E-state index contributed by atoms with van der Waals surface area (Å²) in [5.74, 6) is 0. The van der Waals surface area contributed by atoms with Crippen molar-refractivity contribution in [2.24, 2.45) is 0 Å². The highest BCUT2D eigenvalue weighted by Crippen LogP contribution is 2.37. The molecule has 0 bridgehead atoms. The van der Waals surface area contributed by atoms with Crippen LogP contribution in [0.5, 0.6) is 0 Å². The third kappa shape index (κ3) is 2.48. The smallest absolute Gasteiger partial charge is 0.0400 e. The molecule has 0 saturated heterocycles. The fourth-order valence-corrected chi connectivity index (χ4v) is 3.14. The van der Waals surface area contributed by atoms with Crippen molar-refractivity contribution in [1.29, 1.82) is 0 Å². The molecule has 0 aliphatic rings. The molecule has 116 valence electrons. The average Bonchev–Trinajstić information content (AvgIpc) is 2.62. The number of hydrogen-bond acceptors (Lipinski definition) is 2. The summed E-state index contributed by atoms with van der Waals surface area (Å²) in [5, 5.41) is 2.44. The molecule has 4 rings (SSSR count). The van der Waals surface area contributed by atoms with Gasteiger partial charge in [0.1, 0.15) is 0 Å². The quantitative estimate of drug-likeness (QED) is 0.491. The van der Waals surface area contributed by atoms with Gasteiger partial charge in [0.2, 0.25) is 0 Å². The maximum absolute atomic E-state index is 6.34. The van der Waals surface area contributed by atoms with E-state index in [1.165, 1.54) is 10.8 Å². The summed E-state index contributed by atoms with van der Waals surface area (Å²) >= 11 is 0.